The largest absolute Gasteiger partial charge is 0.276 e. The van der Waals surface area contributed by atoms with E-state index in [0.29, 0.717) is 87.3 Å². The SMILES string of the molecule is CCCCN1C(=O)c2c(-c3ccc(-c4cc5c(s4)C(=O)N(c4c(C)cc(C)c(Cl)c4C)C5=O)s3)sc(-c3ccc(-c4cc5c(s4)C(=O)N(c4c(C)cc(C)c(Cl)c4C)C5=O)s3)c2C1=O. The van der Waals surface area contributed by atoms with E-state index in [4.69, 9.17) is 23.2 Å². The van der Waals surface area contributed by atoms with Crippen LogP contribution in [0.25, 0.3) is 39.0 Å². The molecule has 0 atom stereocenters. The smallest absolute Gasteiger partial charge is 0.274 e. The van der Waals surface area contributed by atoms with Gasteiger partial charge in [-0.2, -0.15) is 0 Å². The van der Waals surface area contributed by atoms with E-state index >= 15 is 0 Å². The summed E-state index contributed by atoms with van der Waals surface area (Å²) in [7, 11) is 0. The van der Waals surface area contributed by atoms with Crippen LogP contribution in [0.2, 0.25) is 10.0 Å². The third kappa shape index (κ3) is 6.24. The second-order valence-electron chi connectivity index (χ2n) is 16.1. The van der Waals surface area contributed by atoms with Gasteiger partial charge in [0.25, 0.3) is 35.4 Å². The van der Waals surface area contributed by atoms with Crippen LogP contribution in [0.1, 0.15) is 114 Å². The maximum atomic E-state index is 14.2. The highest BCUT2D eigenvalue weighted by Crippen LogP contribution is 2.53. The lowest BCUT2D eigenvalue weighted by Gasteiger charge is -2.21. The topological polar surface area (TPSA) is 112 Å². The summed E-state index contributed by atoms with van der Waals surface area (Å²) >= 11 is 19.9. The van der Waals surface area contributed by atoms with Crippen LogP contribution in [0.4, 0.5) is 11.4 Å². The number of rotatable bonds is 9. The Hall–Kier alpha value is -5.06. The van der Waals surface area contributed by atoms with Crippen molar-refractivity contribution in [3.63, 3.8) is 0 Å². The first kappa shape index (κ1) is 42.9. The molecule has 10 rings (SSSR count). The van der Waals surface area contributed by atoms with Crippen molar-refractivity contribution in [2.24, 2.45) is 0 Å². The highest BCUT2D eigenvalue weighted by molar-refractivity contribution is 7.30. The van der Waals surface area contributed by atoms with Crippen molar-refractivity contribution >= 4 is 127 Å². The molecule has 8 heterocycles. The Morgan fingerprint density at radius 2 is 0.859 bits per heavy atom. The lowest BCUT2D eigenvalue weighted by Crippen LogP contribution is -2.31. The van der Waals surface area contributed by atoms with Gasteiger partial charge in [-0.15, -0.1) is 56.7 Å². The zero-order valence-corrected chi connectivity index (χ0v) is 40.9. The van der Waals surface area contributed by atoms with E-state index in [2.05, 4.69) is 0 Å². The molecule has 3 aliphatic heterocycles. The van der Waals surface area contributed by atoms with Crippen molar-refractivity contribution < 1.29 is 28.8 Å². The molecule has 0 unspecified atom stereocenters. The maximum absolute atomic E-state index is 14.2. The maximum Gasteiger partial charge on any atom is 0.276 e. The highest BCUT2D eigenvalue weighted by Gasteiger charge is 2.45. The lowest BCUT2D eigenvalue weighted by atomic mass is 10.0. The van der Waals surface area contributed by atoms with Gasteiger partial charge in [0.2, 0.25) is 0 Å². The minimum absolute atomic E-state index is 0.305. The van der Waals surface area contributed by atoms with Gasteiger partial charge in [0.05, 0.1) is 43.4 Å². The van der Waals surface area contributed by atoms with Gasteiger partial charge in [0, 0.05) is 45.9 Å². The molecule has 0 bridgehead atoms. The number of aryl methyl sites for hydroxylation is 4. The third-order valence-corrected chi connectivity index (χ3v) is 19.5. The van der Waals surface area contributed by atoms with Crippen LogP contribution in [-0.2, 0) is 0 Å². The number of fused-ring (bicyclic) bond motifs is 3. The van der Waals surface area contributed by atoms with Gasteiger partial charge in [-0.05, 0) is 118 Å². The van der Waals surface area contributed by atoms with Gasteiger partial charge in [-0.1, -0.05) is 48.7 Å². The van der Waals surface area contributed by atoms with Gasteiger partial charge >= 0.3 is 0 Å². The summed E-state index contributed by atoms with van der Waals surface area (Å²) in [4.78, 5) is 94.3. The van der Waals surface area contributed by atoms with Crippen molar-refractivity contribution in [3.8, 4) is 39.0 Å². The number of unbranched alkanes of at least 4 members (excludes halogenated alkanes) is 1. The van der Waals surface area contributed by atoms with Crippen molar-refractivity contribution in [1.29, 1.82) is 0 Å². The van der Waals surface area contributed by atoms with Crippen LogP contribution < -0.4 is 9.80 Å². The number of hydrogen-bond donors (Lipinski definition) is 0. The number of amides is 6. The Labute approximate surface area is 398 Å². The molecule has 0 fully saturated rings. The summed E-state index contributed by atoms with van der Waals surface area (Å²) in [5.74, 6) is -2.25. The first-order chi connectivity index (χ1) is 30.5. The molecule has 3 aliphatic rings. The van der Waals surface area contributed by atoms with Crippen molar-refractivity contribution in [2.75, 3.05) is 16.3 Å². The Bertz CT molecular complexity index is 3030. The number of carbonyl (C=O) groups excluding carboxylic acids is 6. The Kier molecular flexibility index (Phi) is 10.4. The predicted molar refractivity (Wildman–Crippen MR) is 261 cm³/mol. The molecule has 2 aromatic carbocycles. The first-order valence-corrected chi connectivity index (χ1v) is 25.2. The molecule has 0 saturated carbocycles. The van der Waals surface area contributed by atoms with E-state index in [1.807, 2.05) is 84.9 Å². The van der Waals surface area contributed by atoms with Gasteiger partial charge < -0.3 is 0 Å². The number of nitrogens with zero attached hydrogens (tertiary/aromatic N) is 3. The van der Waals surface area contributed by atoms with Crippen LogP contribution >= 0.6 is 79.9 Å². The number of hydrogen-bond acceptors (Lipinski definition) is 11. The summed E-state index contributed by atoms with van der Waals surface area (Å²) in [5, 5.41) is 1.03. The minimum atomic E-state index is -0.400. The number of carbonyl (C=O) groups is 6. The van der Waals surface area contributed by atoms with Crippen molar-refractivity contribution in [3.05, 3.63) is 124 Å². The highest BCUT2D eigenvalue weighted by atomic mass is 35.5. The average molecular weight is 981 g/mol. The summed E-state index contributed by atoms with van der Waals surface area (Å²) in [6.07, 6.45) is 1.48. The predicted octanol–water partition coefficient (Wildman–Crippen LogP) is 13.8. The van der Waals surface area contributed by atoms with Gasteiger partial charge in [0.1, 0.15) is 9.75 Å². The van der Waals surface area contributed by atoms with Crippen molar-refractivity contribution in [1.82, 2.24) is 4.90 Å². The number of thiophene rings is 5. The van der Waals surface area contributed by atoms with Gasteiger partial charge in [-0.3, -0.25) is 33.7 Å². The van der Waals surface area contributed by atoms with E-state index in [-0.39, 0.29) is 11.8 Å². The zero-order chi connectivity index (χ0) is 45.4. The minimum Gasteiger partial charge on any atom is -0.274 e. The number of imide groups is 3. The van der Waals surface area contributed by atoms with E-state index < -0.39 is 23.6 Å². The van der Waals surface area contributed by atoms with Crippen molar-refractivity contribution in [2.45, 2.75) is 61.3 Å². The van der Waals surface area contributed by atoms with Crippen LogP contribution in [0, 0.1) is 41.5 Å². The Morgan fingerprint density at radius 1 is 0.453 bits per heavy atom. The van der Waals surface area contributed by atoms with Crippen LogP contribution in [0.5, 0.6) is 0 Å². The number of benzene rings is 2. The molecule has 0 N–H and O–H groups in total. The summed E-state index contributed by atoms with van der Waals surface area (Å²) < 4.78 is 0. The van der Waals surface area contributed by atoms with Gasteiger partial charge in [-0.25, -0.2) is 9.80 Å². The molecule has 5 aromatic heterocycles. The first-order valence-electron chi connectivity index (χ1n) is 20.3. The molecule has 0 saturated heterocycles. The zero-order valence-electron chi connectivity index (χ0n) is 35.3. The molecule has 64 heavy (non-hydrogen) atoms. The monoisotopic (exact) mass is 979 g/mol. The average Bonchev–Trinajstić information content (AvgIpc) is 4.13. The van der Waals surface area contributed by atoms with E-state index in [9.17, 15) is 28.8 Å². The third-order valence-electron chi connectivity index (χ3n) is 12.0. The molecule has 0 spiro atoms. The molecule has 16 heteroatoms. The molecule has 9 nitrogen and oxygen atoms in total. The summed E-state index contributed by atoms with van der Waals surface area (Å²) in [6, 6.07) is 14.9. The fourth-order valence-electron chi connectivity index (χ4n) is 8.94. The second-order valence-corrected chi connectivity index (χ2v) is 22.2. The van der Waals surface area contributed by atoms with Crippen LogP contribution in [-0.4, -0.2) is 46.9 Å². The molecule has 0 radical (unpaired) electrons. The quantitative estimate of drug-likeness (QED) is 0.133. The van der Waals surface area contributed by atoms with E-state index in [0.717, 1.165) is 57.9 Å². The molecule has 322 valence electrons. The standard InChI is InChI=1S/C48H35Cl2N3O6S5/c1-8-9-14-51-45(56)33-34(46(51)57)42(30-13-11-28(61-30)32-18-26-40(63-32)48(59)53(44(26)55)38-22(5)16-20(3)36(50)24(38)7)64-41(33)29-12-10-27(60-29)31-17-25-39(62-31)47(58)52(43(25)54)37-21(4)15-19(2)35(49)23(37)6/h10-13,15-18H,8-9,14H2,1-7H3. The molecule has 7 aromatic rings. The Morgan fingerprint density at radius 3 is 1.25 bits per heavy atom. The molecular formula is C48H35Cl2N3O6S5. The Balaban J connectivity index is 0.979. The number of halogens is 2. The summed E-state index contributed by atoms with van der Waals surface area (Å²) in [6.45, 7) is 13.5. The van der Waals surface area contributed by atoms with Gasteiger partial charge in [0.15, 0.2) is 0 Å². The molecular weight excluding hydrogens is 946 g/mol. The summed E-state index contributed by atoms with van der Waals surface area (Å²) in [5.41, 5.74) is 7.07. The fraction of sp³-hybridized carbons (Fsp3) is 0.208. The van der Waals surface area contributed by atoms with Crippen LogP contribution in [0.15, 0.2) is 48.5 Å². The lowest BCUT2D eigenvalue weighted by molar-refractivity contribution is 0.0651. The van der Waals surface area contributed by atoms with E-state index in [1.165, 1.54) is 71.4 Å². The fourth-order valence-corrected chi connectivity index (χ4v) is 15.1. The molecule has 6 amide bonds. The number of anilines is 2. The normalized spacial score (nSPS) is 14.6. The molecule has 0 aliphatic carbocycles. The second kappa shape index (κ2) is 15.5. The van der Waals surface area contributed by atoms with E-state index in [1.54, 1.807) is 12.1 Å². The van der Waals surface area contributed by atoms with Crippen LogP contribution in [0.3, 0.4) is 0 Å².